The summed E-state index contributed by atoms with van der Waals surface area (Å²) in [4.78, 5) is 11.6. The second-order valence-corrected chi connectivity index (χ2v) is 7.94. The Morgan fingerprint density at radius 2 is 1.38 bits per heavy atom. The molecule has 7 heteroatoms. The summed E-state index contributed by atoms with van der Waals surface area (Å²) in [5, 5.41) is 9.54. The molecule has 1 N–H and O–H groups in total. The maximum Gasteiger partial charge on any atom is 1.00 e. The summed E-state index contributed by atoms with van der Waals surface area (Å²) in [6, 6.07) is 0. The van der Waals surface area contributed by atoms with Gasteiger partial charge in [-0.05, 0) is 6.42 Å². The number of Topliss-reactive ketones (excluding diaryl/α,β-unsaturated/α-hetero) is 1. The smallest absolute Gasteiger partial charge is 1.00 e. The van der Waals surface area contributed by atoms with Crippen molar-refractivity contribution in [3.63, 3.8) is 0 Å². The number of hydrogen-bond acceptors (Lipinski definition) is 5. The molecular weight excluding hydrogens is 339 g/mol. The third kappa shape index (κ3) is 16.0. The topological polar surface area (TPSA) is 80.7 Å². The molecule has 1 atom stereocenters. The number of carbonyl (C=O) groups excluding carboxylic acids is 1. The van der Waals surface area contributed by atoms with E-state index in [0.717, 1.165) is 20.0 Å². The minimum atomic E-state index is -3.79. The van der Waals surface area contributed by atoms with Crippen molar-refractivity contribution in [3.8, 4) is 0 Å². The summed E-state index contributed by atoms with van der Waals surface area (Å²) in [5.74, 6) is -1.07. The minimum Gasteiger partial charge on any atom is -1.00 e. The summed E-state index contributed by atoms with van der Waals surface area (Å²) in [6.07, 6.45) is 11.9. The molecule has 0 saturated carbocycles. The number of unbranched alkanes of at least 4 members (excludes halogenated alkanes) is 10. The molecule has 0 aromatic heterocycles. The molecule has 0 fully saturated rings. The van der Waals surface area contributed by atoms with Gasteiger partial charge in [0.1, 0.15) is 11.9 Å². The maximum atomic E-state index is 11.6. The molecule has 5 nitrogen and oxygen atoms in total. The second-order valence-electron chi connectivity index (χ2n) is 6.16. The third-order valence-electron chi connectivity index (χ3n) is 4.01. The van der Waals surface area contributed by atoms with Gasteiger partial charge >= 0.3 is 29.6 Å². The summed E-state index contributed by atoms with van der Waals surface area (Å²) in [7, 11) is -2.76. The fraction of sp³-hybridized carbons (Fsp3) is 0.941. The Hall–Kier alpha value is 0.540. The van der Waals surface area contributed by atoms with E-state index in [1.807, 2.05) is 0 Å². The predicted molar refractivity (Wildman–Crippen MR) is 94.0 cm³/mol. The van der Waals surface area contributed by atoms with Crippen molar-refractivity contribution in [2.24, 2.45) is 0 Å². The number of aliphatic hydroxyl groups excluding tert-OH is 1. The standard InChI is InChI=1S/C17H34O5S.Na.H/c1-3-4-5-6-7-8-9-10-11-12-13-14-16(18)17(19)15-23(20,21)22-2;;/h17,19H,3-15H2,1-2H3;;/q;+1;-1. The minimum absolute atomic E-state index is 0. The van der Waals surface area contributed by atoms with Crippen LogP contribution >= 0.6 is 0 Å². The first kappa shape index (κ1) is 26.8. The Bertz CT molecular complexity index is 404. The van der Waals surface area contributed by atoms with E-state index in [2.05, 4.69) is 11.1 Å². The average molecular weight is 375 g/mol. The zero-order chi connectivity index (χ0) is 17.6. The van der Waals surface area contributed by atoms with Crippen molar-refractivity contribution in [3.05, 3.63) is 0 Å². The fourth-order valence-electron chi connectivity index (χ4n) is 2.48. The number of aliphatic hydroxyl groups is 1. The molecule has 0 aromatic carbocycles. The summed E-state index contributed by atoms with van der Waals surface area (Å²) >= 11 is 0. The molecular formula is C17H35NaO5S. The Labute approximate surface area is 171 Å². The first-order chi connectivity index (χ1) is 10.9. The first-order valence-corrected chi connectivity index (χ1v) is 10.5. The van der Waals surface area contributed by atoms with Crippen LogP contribution in [0, 0.1) is 0 Å². The Kier molecular flexibility index (Phi) is 18.9. The van der Waals surface area contributed by atoms with Crippen LogP contribution in [0.15, 0.2) is 0 Å². The second kappa shape index (κ2) is 17.0. The first-order valence-electron chi connectivity index (χ1n) is 8.92. The molecule has 0 rings (SSSR count). The van der Waals surface area contributed by atoms with Crippen molar-refractivity contribution in [2.75, 3.05) is 12.9 Å². The zero-order valence-electron chi connectivity index (χ0n) is 16.8. The largest absolute Gasteiger partial charge is 1.00 e. The van der Waals surface area contributed by atoms with E-state index in [1.54, 1.807) is 0 Å². The molecule has 0 heterocycles. The number of ketones is 1. The van der Waals surface area contributed by atoms with Gasteiger partial charge in [0, 0.05) is 6.42 Å². The van der Waals surface area contributed by atoms with Crippen LogP contribution in [0.4, 0.5) is 0 Å². The molecule has 1 unspecified atom stereocenters. The molecule has 0 radical (unpaired) electrons. The van der Waals surface area contributed by atoms with Crippen LogP contribution in [0.25, 0.3) is 0 Å². The predicted octanol–water partition coefficient (Wildman–Crippen LogP) is 0.710. The summed E-state index contributed by atoms with van der Waals surface area (Å²) in [5.41, 5.74) is 0. The molecule has 0 amide bonds. The maximum absolute atomic E-state index is 11.6. The normalized spacial score (nSPS) is 12.6. The quantitative estimate of drug-likeness (QED) is 0.244. The SMILES string of the molecule is CCCCCCCCCCCCCC(=O)C(O)CS(=O)(=O)OC.[H-].[Na+]. The Morgan fingerprint density at radius 1 is 0.958 bits per heavy atom. The van der Waals surface area contributed by atoms with E-state index in [-0.39, 0.29) is 37.4 Å². The van der Waals surface area contributed by atoms with Gasteiger partial charge in [-0.15, -0.1) is 0 Å². The van der Waals surface area contributed by atoms with Gasteiger partial charge in [-0.3, -0.25) is 8.98 Å². The summed E-state index contributed by atoms with van der Waals surface area (Å²) in [6.45, 7) is 2.22. The van der Waals surface area contributed by atoms with Crippen molar-refractivity contribution in [1.82, 2.24) is 0 Å². The van der Waals surface area contributed by atoms with Crippen molar-refractivity contribution in [1.29, 1.82) is 0 Å². The van der Waals surface area contributed by atoms with Crippen molar-refractivity contribution in [2.45, 2.75) is 90.1 Å². The van der Waals surface area contributed by atoms with Crippen LogP contribution in [0.1, 0.15) is 85.4 Å². The van der Waals surface area contributed by atoms with Gasteiger partial charge in [-0.2, -0.15) is 8.42 Å². The van der Waals surface area contributed by atoms with Gasteiger partial charge in [-0.1, -0.05) is 71.1 Å². The van der Waals surface area contributed by atoms with Crippen LogP contribution in [-0.4, -0.2) is 38.3 Å². The number of rotatable bonds is 16. The molecule has 140 valence electrons. The monoisotopic (exact) mass is 374 g/mol. The van der Waals surface area contributed by atoms with Crippen LogP contribution in [0.3, 0.4) is 0 Å². The van der Waals surface area contributed by atoms with E-state index in [1.165, 1.54) is 51.4 Å². The van der Waals surface area contributed by atoms with Gasteiger partial charge in [0.05, 0.1) is 7.11 Å². The number of hydrogen-bond donors (Lipinski definition) is 1. The van der Waals surface area contributed by atoms with Crippen LogP contribution < -0.4 is 29.6 Å². The van der Waals surface area contributed by atoms with E-state index in [4.69, 9.17) is 0 Å². The molecule has 0 aliphatic carbocycles. The van der Waals surface area contributed by atoms with E-state index < -0.39 is 27.8 Å². The number of carbonyl (C=O) groups is 1. The Balaban J connectivity index is -0.00000242. The molecule has 0 aromatic rings. The van der Waals surface area contributed by atoms with Gasteiger partial charge in [0.25, 0.3) is 10.1 Å². The van der Waals surface area contributed by atoms with Crippen LogP contribution in [0.5, 0.6) is 0 Å². The molecule has 24 heavy (non-hydrogen) atoms. The molecule has 0 aliphatic heterocycles. The third-order valence-corrected chi connectivity index (χ3v) is 5.25. The van der Waals surface area contributed by atoms with Crippen molar-refractivity contribution >= 4 is 15.9 Å². The van der Waals surface area contributed by atoms with E-state index in [9.17, 15) is 18.3 Å². The summed E-state index contributed by atoms with van der Waals surface area (Å²) < 4.78 is 26.5. The van der Waals surface area contributed by atoms with Gasteiger partial charge in [0.15, 0.2) is 5.78 Å². The Morgan fingerprint density at radius 3 is 1.79 bits per heavy atom. The molecule has 0 bridgehead atoms. The molecule has 0 aliphatic rings. The molecule has 0 saturated heterocycles. The van der Waals surface area contributed by atoms with Crippen LogP contribution in [-0.2, 0) is 19.1 Å². The average Bonchev–Trinajstić information content (AvgIpc) is 2.52. The van der Waals surface area contributed by atoms with Gasteiger partial charge in [0.2, 0.25) is 0 Å². The fourth-order valence-corrected chi connectivity index (χ4v) is 3.19. The van der Waals surface area contributed by atoms with E-state index in [0.29, 0.717) is 6.42 Å². The zero-order valence-corrected chi connectivity index (χ0v) is 18.6. The molecule has 0 spiro atoms. The van der Waals surface area contributed by atoms with E-state index >= 15 is 0 Å². The van der Waals surface area contributed by atoms with Gasteiger partial charge in [-0.25, -0.2) is 0 Å². The van der Waals surface area contributed by atoms with Crippen molar-refractivity contribution < 1.29 is 53.5 Å². The van der Waals surface area contributed by atoms with Crippen LogP contribution in [0.2, 0.25) is 0 Å². The van der Waals surface area contributed by atoms with Gasteiger partial charge < -0.3 is 6.53 Å².